The fourth-order valence-corrected chi connectivity index (χ4v) is 2.53. The number of hydrogen-bond acceptors (Lipinski definition) is 3. The molecule has 4 nitrogen and oxygen atoms in total. The monoisotopic (exact) mass is 198 g/mol. The first kappa shape index (κ1) is 9.93. The van der Waals surface area contributed by atoms with Crippen LogP contribution in [0.4, 0.5) is 0 Å². The summed E-state index contributed by atoms with van der Waals surface area (Å²) in [6.07, 6.45) is 2.04. The number of rotatable bonds is 0. The predicted molar refractivity (Wildman–Crippen MR) is 53.0 cm³/mol. The number of morpholine rings is 1. The maximum atomic E-state index is 11.5. The van der Waals surface area contributed by atoms with E-state index >= 15 is 0 Å². The van der Waals surface area contributed by atoms with Gasteiger partial charge in [0, 0.05) is 13.5 Å². The molecule has 0 bridgehead atoms. The molecule has 1 spiro atoms. The topological polar surface area (TPSA) is 41.6 Å². The van der Waals surface area contributed by atoms with Crippen molar-refractivity contribution >= 4 is 5.91 Å². The third kappa shape index (κ3) is 1.64. The van der Waals surface area contributed by atoms with Crippen molar-refractivity contribution < 1.29 is 9.53 Å². The van der Waals surface area contributed by atoms with Gasteiger partial charge in [-0.2, -0.15) is 0 Å². The third-order valence-corrected chi connectivity index (χ3v) is 3.32. The molecule has 0 aromatic rings. The van der Waals surface area contributed by atoms with Crippen LogP contribution >= 0.6 is 0 Å². The summed E-state index contributed by atoms with van der Waals surface area (Å²) in [5.41, 5.74) is -0.00463. The molecule has 0 aliphatic carbocycles. The fraction of sp³-hybridized carbons (Fsp3) is 0.900. The van der Waals surface area contributed by atoms with E-state index in [2.05, 4.69) is 5.32 Å². The molecular formula is C10H18N2O2. The van der Waals surface area contributed by atoms with Crippen LogP contribution in [0.3, 0.4) is 0 Å². The summed E-state index contributed by atoms with van der Waals surface area (Å²) < 4.78 is 5.52. The third-order valence-electron chi connectivity index (χ3n) is 3.32. The van der Waals surface area contributed by atoms with Gasteiger partial charge in [0.15, 0.2) is 0 Å². The van der Waals surface area contributed by atoms with Crippen LogP contribution in [-0.2, 0) is 9.53 Å². The zero-order valence-corrected chi connectivity index (χ0v) is 8.71. The van der Waals surface area contributed by atoms with Crippen LogP contribution in [0.1, 0.15) is 19.8 Å². The highest BCUT2D eigenvalue weighted by Gasteiger charge is 2.41. The molecule has 2 heterocycles. The first-order valence-electron chi connectivity index (χ1n) is 5.31. The standard InChI is InChI=1S/C10H18N2O2/c1-9(13)12-6-7-14-8-10(12)2-4-11-5-3-10/h11H,2-8H2,1H3. The second-order valence-corrected chi connectivity index (χ2v) is 4.20. The van der Waals surface area contributed by atoms with E-state index < -0.39 is 0 Å². The number of ether oxygens (including phenoxy) is 1. The maximum Gasteiger partial charge on any atom is 0.220 e. The van der Waals surface area contributed by atoms with E-state index in [1.165, 1.54) is 0 Å². The van der Waals surface area contributed by atoms with E-state index in [9.17, 15) is 4.79 Å². The van der Waals surface area contributed by atoms with Crippen molar-refractivity contribution in [3.63, 3.8) is 0 Å². The second-order valence-electron chi connectivity index (χ2n) is 4.20. The molecule has 2 saturated heterocycles. The fourth-order valence-electron chi connectivity index (χ4n) is 2.53. The Hall–Kier alpha value is -0.610. The zero-order valence-electron chi connectivity index (χ0n) is 8.71. The van der Waals surface area contributed by atoms with Gasteiger partial charge in [-0.25, -0.2) is 0 Å². The minimum atomic E-state index is -0.00463. The molecule has 0 unspecified atom stereocenters. The molecule has 1 amide bonds. The van der Waals surface area contributed by atoms with Gasteiger partial charge in [0.1, 0.15) is 0 Å². The van der Waals surface area contributed by atoms with Gasteiger partial charge in [0.05, 0.1) is 18.8 Å². The van der Waals surface area contributed by atoms with Crippen molar-refractivity contribution in [2.75, 3.05) is 32.8 Å². The molecule has 0 aromatic heterocycles. The van der Waals surface area contributed by atoms with Crippen molar-refractivity contribution in [3.05, 3.63) is 0 Å². The molecule has 0 saturated carbocycles. The molecule has 0 radical (unpaired) electrons. The summed E-state index contributed by atoms with van der Waals surface area (Å²) in [5.74, 6) is 0.190. The lowest BCUT2D eigenvalue weighted by molar-refractivity contribution is -0.149. The van der Waals surface area contributed by atoms with E-state index in [-0.39, 0.29) is 11.4 Å². The van der Waals surface area contributed by atoms with E-state index in [1.54, 1.807) is 6.92 Å². The Morgan fingerprint density at radius 2 is 2.14 bits per heavy atom. The number of nitrogens with one attached hydrogen (secondary N) is 1. The molecule has 0 aromatic carbocycles. The van der Waals surface area contributed by atoms with E-state index in [0.717, 1.165) is 32.5 Å². The number of carbonyl (C=O) groups is 1. The first-order valence-corrected chi connectivity index (χ1v) is 5.31. The Bertz CT molecular complexity index is 216. The Labute approximate surface area is 84.6 Å². The Morgan fingerprint density at radius 3 is 2.79 bits per heavy atom. The summed E-state index contributed by atoms with van der Waals surface area (Å²) in [5, 5.41) is 3.32. The molecule has 0 atom stereocenters. The Kier molecular flexibility index (Phi) is 2.74. The maximum absolute atomic E-state index is 11.5. The molecule has 4 heteroatoms. The van der Waals surface area contributed by atoms with Crippen LogP contribution in [0.2, 0.25) is 0 Å². The van der Waals surface area contributed by atoms with Gasteiger partial charge in [-0.1, -0.05) is 0 Å². The predicted octanol–water partition coefficient (Wildman–Crippen LogP) is -0.0127. The summed E-state index contributed by atoms with van der Waals surface area (Å²) in [7, 11) is 0. The minimum Gasteiger partial charge on any atom is -0.377 e. The van der Waals surface area contributed by atoms with Crippen molar-refractivity contribution in [3.8, 4) is 0 Å². The summed E-state index contributed by atoms with van der Waals surface area (Å²) >= 11 is 0. The number of piperidine rings is 1. The van der Waals surface area contributed by atoms with Crippen LogP contribution in [0.15, 0.2) is 0 Å². The highest BCUT2D eigenvalue weighted by molar-refractivity contribution is 5.74. The Balaban J connectivity index is 2.14. The SMILES string of the molecule is CC(=O)N1CCOCC12CCNCC2. The summed E-state index contributed by atoms with van der Waals surface area (Å²) in [4.78, 5) is 13.5. The summed E-state index contributed by atoms with van der Waals surface area (Å²) in [6.45, 7) is 5.81. The largest absolute Gasteiger partial charge is 0.377 e. The number of amides is 1. The number of nitrogens with zero attached hydrogens (tertiary/aromatic N) is 1. The van der Waals surface area contributed by atoms with Gasteiger partial charge < -0.3 is 15.0 Å². The van der Waals surface area contributed by atoms with E-state index in [1.807, 2.05) is 4.90 Å². The van der Waals surface area contributed by atoms with Crippen LogP contribution in [-0.4, -0.2) is 49.2 Å². The normalized spacial score (nSPS) is 26.5. The van der Waals surface area contributed by atoms with Gasteiger partial charge in [-0.3, -0.25) is 4.79 Å². The van der Waals surface area contributed by atoms with Crippen molar-refractivity contribution in [1.82, 2.24) is 10.2 Å². The number of hydrogen-bond donors (Lipinski definition) is 1. The van der Waals surface area contributed by atoms with Gasteiger partial charge >= 0.3 is 0 Å². The van der Waals surface area contributed by atoms with Crippen LogP contribution < -0.4 is 5.32 Å². The molecule has 2 fully saturated rings. The highest BCUT2D eigenvalue weighted by atomic mass is 16.5. The van der Waals surface area contributed by atoms with Gasteiger partial charge in [-0.15, -0.1) is 0 Å². The van der Waals surface area contributed by atoms with Crippen molar-refractivity contribution in [1.29, 1.82) is 0 Å². The summed E-state index contributed by atoms with van der Waals surface area (Å²) in [6, 6.07) is 0. The quantitative estimate of drug-likeness (QED) is 0.595. The average Bonchev–Trinajstić information content (AvgIpc) is 2.19. The molecule has 14 heavy (non-hydrogen) atoms. The van der Waals surface area contributed by atoms with E-state index in [4.69, 9.17) is 4.74 Å². The van der Waals surface area contributed by atoms with Crippen LogP contribution in [0, 0.1) is 0 Å². The minimum absolute atomic E-state index is 0.00463. The lowest BCUT2D eigenvalue weighted by Crippen LogP contribution is -2.62. The highest BCUT2D eigenvalue weighted by Crippen LogP contribution is 2.29. The lowest BCUT2D eigenvalue weighted by Gasteiger charge is -2.48. The van der Waals surface area contributed by atoms with Crippen molar-refractivity contribution in [2.24, 2.45) is 0 Å². The molecule has 2 aliphatic heterocycles. The van der Waals surface area contributed by atoms with Gasteiger partial charge in [-0.05, 0) is 25.9 Å². The Morgan fingerprint density at radius 1 is 1.43 bits per heavy atom. The second kappa shape index (κ2) is 3.87. The molecule has 1 N–H and O–H groups in total. The number of carbonyl (C=O) groups excluding carboxylic acids is 1. The first-order chi connectivity index (χ1) is 6.75. The van der Waals surface area contributed by atoms with Crippen LogP contribution in [0.5, 0.6) is 0 Å². The van der Waals surface area contributed by atoms with Crippen molar-refractivity contribution in [2.45, 2.75) is 25.3 Å². The smallest absolute Gasteiger partial charge is 0.220 e. The molecule has 2 aliphatic rings. The van der Waals surface area contributed by atoms with Crippen LogP contribution in [0.25, 0.3) is 0 Å². The lowest BCUT2D eigenvalue weighted by atomic mass is 9.86. The van der Waals surface area contributed by atoms with Gasteiger partial charge in [0.25, 0.3) is 0 Å². The molecule has 80 valence electrons. The van der Waals surface area contributed by atoms with E-state index in [0.29, 0.717) is 13.2 Å². The molecule has 2 rings (SSSR count). The average molecular weight is 198 g/mol. The zero-order chi connectivity index (χ0) is 10.0. The molecular weight excluding hydrogens is 180 g/mol. The van der Waals surface area contributed by atoms with Gasteiger partial charge in [0.2, 0.25) is 5.91 Å².